The molecule has 2 fully saturated rings. The minimum absolute atomic E-state index is 0.143. The van der Waals surface area contributed by atoms with Crippen molar-refractivity contribution in [2.24, 2.45) is 11.7 Å². The lowest BCUT2D eigenvalue weighted by Crippen LogP contribution is -2.45. The fourth-order valence-corrected chi connectivity index (χ4v) is 3.63. The van der Waals surface area contributed by atoms with E-state index in [0.29, 0.717) is 5.92 Å². The zero-order valence-electron chi connectivity index (χ0n) is 14.6. The number of nitrogens with two attached hydrogens (primary N) is 1. The van der Waals surface area contributed by atoms with Crippen molar-refractivity contribution in [1.82, 2.24) is 9.80 Å². The molecule has 3 rings (SSSR count). The second-order valence-corrected chi connectivity index (χ2v) is 7.10. The second kappa shape index (κ2) is 8.10. The van der Waals surface area contributed by atoms with Crippen molar-refractivity contribution >= 4 is 5.91 Å². The highest BCUT2D eigenvalue weighted by Crippen LogP contribution is 2.21. The number of morpholine rings is 1. The summed E-state index contributed by atoms with van der Waals surface area (Å²) >= 11 is 0. The first-order valence-corrected chi connectivity index (χ1v) is 9.07. The monoisotopic (exact) mass is 331 g/mol. The summed E-state index contributed by atoms with van der Waals surface area (Å²) < 4.78 is 5.40. The summed E-state index contributed by atoms with van der Waals surface area (Å²) in [7, 11) is 0. The summed E-state index contributed by atoms with van der Waals surface area (Å²) in [4.78, 5) is 17.2. The van der Waals surface area contributed by atoms with Gasteiger partial charge in [0.1, 0.15) is 0 Å². The molecule has 0 bridgehead atoms. The number of hydrogen-bond acceptors (Lipinski definition) is 4. The van der Waals surface area contributed by atoms with Crippen molar-refractivity contribution in [3.8, 4) is 0 Å². The van der Waals surface area contributed by atoms with Crippen LogP contribution in [-0.2, 0) is 11.3 Å². The molecule has 2 N–H and O–H groups in total. The van der Waals surface area contributed by atoms with Gasteiger partial charge < -0.3 is 15.4 Å². The smallest absolute Gasteiger partial charge is 0.253 e. The Morgan fingerprint density at radius 1 is 1.33 bits per heavy atom. The number of ether oxygens (including phenoxy) is 1. The van der Waals surface area contributed by atoms with Crippen molar-refractivity contribution in [1.29, 1.82) is 0 Å². The van der Waals surface area contributed by atoms with Crippen molar-refractivity contribution < 1.29 is 9.53 Å². The number of piperidine rings is 1. The number of hydrogen-bond donors (Lipinski definition) is 1. The van der Waals surface area contributed by atoms with E-state index in [-0.39, 0.29) is 11.9 Å². The Morgan fingerprint density at radius 2 is 2.12 bits per heavy atom. The third kappa shape index (κ3) is 4.35. The molecule has 132 valence electrons. The minimum Gasteiger partial charge on any atom is -0.379 e. The predicted octanol–water partition coefficient (Wildman–Crippen LogP) is 1.72. The molecule has 2 aliphatic rings. The topological polar surface area (TPSA) is 58.8 Å². The number of nitrogens with zero attached hydrogens (tertiary/aromatic N) is 2. The van der Waals surface area contributed by atoms with Crippen LogP contribution in [0.4, 0.5) is 0 Å². The summed E-state index contributed by atoms with van der Waals surface area (Å²) in [5, 5.41) is 0. The number of carbonyl (C=O) groups is 1. The van der Waals surface area contributed by atoms with E-state index in [1.165, 1.54) is 5.56 Å². The van der Waals surface area contributed by atoms with Crippen LogP contribution in [-0.4, -0.2) is 61.1 Å². The molecular weight excluding hydrogens is 302 g/mol. The van der Waals surface area contributed by atoms with Gasteiger partial charge in [-0.25, -0.2) is 0 Å². The Labute approximate surface area is 144 Å². The maximum Gasteiger partial charge on any atom is 0.253 e. The number of carbonyl (C=O) groups excluding carboxylic acids is 1. The molecule has 0 spiro atoms. The number of benzene rings is 1. The molecular formula is C19H29N3O2. The molecule has 2 aliphatic heterocycles. The fraction of sp³-hybridized carbons (Fsp3) is 0.632. The maximum absolute atomic E-state index is 12.9. The largest absolute Gasteiger partial charge is 0.379 e. The van der Waals surface area contributed by atoms with Crippen LogP contribution in [0.25, 0.3) is 0 Å². The molecule has 0 saturated carbocycles. The van der Waals surface area contributed by atoms with E-state index in [1.807, 2.05) is 30.0 Å². The van der Waals surface area contributed by atoms with Crippen LogP contribution in [0.5, 0.6) is 0 Å². The van der Waals surface area contributed by atoms with Crippen molar-refractivity contribution in [3.63, 3.8) is 0 Å². The molecule has 5 nitrogen and oxygen atoms in total. The molecule has 1 aromatic carbocycles. The molecule has 0 unspecified atom stereocenters. The van der Waals surface area contributed by atoms with Gasteiger partial charge >= 0.3 is 0 Å². The first-order valence-electron chi connectivity index (χ1n) is 9.07. The first-order chi connectivity index (χ1) is 11.6. The van der Waals surface area contributed by atoms with Crippen molar-refractivity contribution in [2.75, 3.05) is 39.4 Å². The Kier molecular flexibility index (Phi) is 5.87. The molecule has 2 atom stereocenters. The van der Waals surface area contributed by atoms with Gasteiger partial charge in [-0.05, 0) is 43.4 Å². The van der Waals surface area contributed by atoms with E-state index in [0.717, 1.165) is 64.3 Å². The van der Waals surface area contributed by atoms with E-state index in [1.54, 1.807) is 0 Å². The highest BCUT2D eigenvalue weighted by molar-refractivity contribution is 5.94. The number of likely N-dealkylation sites (tertiary alicyclic amines) is 1. The van der Waals surface area contributed by atoms with E-state index < -0.39 is 0 Å². The molecule has 2 heterocycles. The van der Waals surface area contributed by atoms with E-state index in [4.69, 9.17) is 10.5 Å². The van der Waals surface area contributed by atoms with Gasteiger partial charge in [0.25, 0.3) is 5.91 Å². The molecule has 0 aliphatic carbocycles. The lowest BCUT2D eigenvalue weighted by molar-refractivity contribution is 0.0341. The molecule has 5 heteroatoms. The molecule has 0 radical (unpaired) electrons. The maximum atomic E-state index is 12.9. The van der Waals surface area contributed by atoms with E-state index in [2.05, 4.69) is 11.0 Å². The van der Waals surface area contributed by atoms with Crippen LogP contribution in [0.15, 0.2) is 24.3 Å². The molecule has 0 aromatic heterocycles. The van der Waals surface area contributed by atoms with E-state index >= 15 is 0 Å². The quantitative estimate of drug-likeness (QED) is 0.913. The summed E-state index contributed by atoms with van der Waals surface area (Å²) in [5.41, 5.74) is 8.04. The Balaban J connectivity index is 1.65. The van der Waals surface area contributed by atoms with Crippen LogP contribution in [0.2, 0.25) is 0 Å². The van der Waals surface area contributed by atoms with Gasteiger partial charge in [-0.15, -0.1) is 0 Å². The Hall–Kier alpha value is -1.43. The van der Waals surface area contributed by atoms with Gasteiger partial charge in [0, 0.05) is 44.3 Å². The predicted molar refractivity (Wildman–Crippen MR) is 94.8 cm³/mol. The molecule has 1 amide bonds. The summed E-state index contributed by atoms with van der Waals surface area (Å²) in [6, 6.07) is 8.23. The first kappa shape index (κ1) is 17.4. The van der Waals surface area contributed by atoms with Crippen molar-refractivity contribution in [2.45, 2.75) is 32.4 Å². The van der Waals surface area contributed by atoms with Gasteiger partial charge in [-0.1, -0.05) is 12.1 Å². The van der Waals surface area contributed by atoms with Crippen LogP contribution in [0.3, 0.4) is 0 Å². The van der Waals surface area contributed by atoms with Crippen molar-refractivity contribution in [3.05, 3.63) is 35.4 Å². The molecule has 24 heavy (non-hydrogen) atoms. The number of amides is 1. The number of rotatable bonds is 4. The second-order valence-electron chi connectivity index (χ2n) is 7.10. The van der Waals surface area contributed by atoms with Crippen LogP contribution >= 0.6 is 0 Å². The van der Waals surface area contributed by atoms with Gasteiger partial charge in [0.05, 0.1) is 13.2 Å². The van der Waals surface area contributed by atoms with Gasteiger partial charge in [-0.3, -0.25) is 9.69 Å². The lowest BCUT2D eigenvalue weighted by atomic mass is 9.92. The van der Waals surface area contributed by atoms with Gasteiger partial charge in [-0.2, -0.15) is 0 Å². The van der Waals surface area contributed by atoms with Gasteiger partial charge in [0.2, 0.25) is 0 Å². The standard InChI is InChI=1S/C19H29N3O2/c1-15(20)18-6-3-7-22(14-18)19(23)17-5-2-4-16(12-17)13-21-8-10-24-11-9-21/h2,4-5,12,15,18H,3,6-11,13-14,20H2,1H3/t15-,18+/m0/s1. The molecule has 1 aromatic rings. The molecule has 2 saturated heterocycles. The fourth-order valence-electron chi connectivity index (χ4n) is 3.63. The summed E-state index contributed by atoms with van der Waals surface area (Å²) in [6.07, 6.45) is 2.17. The Morgan fingerprint density at radius 3 is 2.88 bits per heavy atom. The normalized spacial score (nSPS) is 23.9. The van der Waals surface area contributed by atoms with Crippen LogP contribution in [0.1, 0.15) is 35.7 Å². The van der Waals surface area contributed by atoms with E-state index in [9.17, 15) is 4.79 Å². The summed E-state index contributed by atoms with van der Waals surface area (Å²) in [6.45, 7) is 8.06. The highest BCUT2D eigenvalue weighted by Gasteiger charge is 2.26. The van der Waals surface area contributed by atoms with Gasteiger partial charge in [0.15, 0.2) is 0 Å². The van der Waals surface area contributed by atoms with Crippen LogP contribution in [0, 0.1) is 5.92 Å². The highest BCUT2D eigenvalue weighted by atomic mass is 16.5. The average molecular weight is 331 g/mol. The zero-order valence-corrected chi connectivity index (χ0v) is 14.6. The zero-order chi connectivity index (χ0) is 16.9. The Bertz CT molecular complexity index is 555. The SMILES string of the molecule is C[C@H](N)[C@@H]1CCCN(C(=O)c2cccc(CN3CCOCC3)c2)C1. The summed E-state index contributed by atoms with van der Waals surface area (Å²) in [5.74, 6) is 0.559. The average Bonchev–Trinajstić information content (AvgIpc) is 2.62. The lowest BCUT2D eigenvalue weighted by Gasteiger charge is -2.34. The third-order valence-electron chi connectivity index (χ3n) is 5.17. The third-order valence-corrected chi connectivity index (χ3v) is 5.17. The minimum atomic E-state index is 0.143. The van der Waals surface area contributed by atoms with Crippen LogP contribution < -0.4 is 5.73 Å².